The van der Waals surface area contributed by atoms with Crippen molar-refractivity contribution < 1.29 is 19.0 Å². The summed E-state index contributed by atoms with van der Waals surface area (Å²) in [4.78, 5) is 11.1. The Hall–Kier alpha value is -1.42. The molecule has 1 fully saturated rings. The Balaban J connectivity index is 2.45. The maximum absolute atomic E-state index is 13.7. The van der Waals surface area contributed by atoms with E-state index in [-0.39, 0.29) is 0 Å². The summed E-state index contributed by atoms with van der Waals surface area (Å²) >= 11 is 0. The number of carboxylic acids is 1. The first-order valence-electron chi connectivity index (χ1n) is 5.17. The van der Waals surface area contributed by atoms with Crippen LogP contribution in [0.15, 0.2) is 24.3 Å². The smallest absolute Gasteiger partial charge is 0.309 e. The van der Waals surface area contributed by atoms with E-state index in [9.17, 15) is 9.18 Å². The van der Waals surface area contributed by atoms with Crippen LogP contribution in [0.4, 0.5) is 4.39 Å². The lowest BCUT2D eigenvalue weighted by atomic mass is 9.83. The van der Waals surface area contributed by atoms with Gasteiger partial charge in [-0.2, -0.15) is 0 Å². The van der Waals surface area contributed by atoms with Gasteiger partial charge in [-0.25, -0.2) is 4.39 Å². The second-order valence-electron chi connectivity index (χ2n) is 4.11. The Morgan fingerprint density at radius 3 is 2.88 bits per heavy atom. The van der Waals surface area contributed by atoms with Crippen molar-refractivity contribution in [2.75, 3.05) is 6.61 Å². The lowest BCUT2D eigenvalue weighted by Crippen LogP contribution is -2.34. The number of halogens is 1. The number of hydrogen-bond donors (Lipinski definition) is 1. The summed E-state index contributed by atoms with van der Waals surface area (Å²) in [6, 6.07) is 6.16. The third-order valence-electron chi connectivity index (χ3n) is 3.18. The molecule has 86 valence electrons. The van der Waals surface area contributed by atoms with Crippen molar-refractivity contribution in [1.82, 2.24) is 0 Å². The van der Waals surface area contributed by atoms with Crippen molar-refractivity contribution in [1.29, 1.82) is 0 Å². The van der Waals surface area contributed by atoms with Crippen LogP contribution >= 0.6 is 0 Å². The third-order valence-corrected chi connectivity index (χ3v) is 3.18. The SMILES string of the molecule is CC1(c2ccccc2F)OCCC1C(=O)O. The van der Waals surface area contributed by atoms with Gasteiger partial charge < -0.3 is 9.84 Å². The summed E-state index contributed by atoms with van der Waals surface area (Å²) in [6.07, 6.45) is 0.417. The molecule has 0 bridgehead atoms. The van der Waals surface area contributed by atoms with Crippen molar-refractivity contribution in [2.24, 2.45) is 5.92 Å². The lowest BCUT2D eigenvalue weighted by Gasteiger charge is -2.28. The van der Waals surface area contributed by atoms with Crippen molar-refractivity contribution in [3.63, 3.8) is 0 Å². The Morgan fingerprint density at radius 2 is 2.25 bits per heavy atom. The van der Waals surface area contributed by atoms with E-state index >= 15 is 0 Å². The Morgan fingerprint density at radius 1 is 1.56 bits per heavy atom. The normalized spacial score (nSPS) is 29.2. The highest BCUT2D eigenvalue weighted by Crippen LogP contribution is 2.41. The van der Waals surface area contributed by atoms with Crippen LogP contribution < -0.4 is 0 Å². The summed E-state index contributed by atoms with van der Waals surface area (Å²) < 4.78 is 19.1. The fraction of sp³-hybridized carbons (Fsp3) is 0.417. The van der Waals surface area contributed by atoms with Crippen LogP contribution in [0.25, 0.3) is 0 Å². The molecule has 2 atom stereocenters. The van der Waals surface area contributed by atoms with E-state index in [1.54, 1.807) is 25.1 Å². The van der Waals surface area contributed by atoms with Crippen LogP contribution in [0.3, 0.4) is 0 Å². The zero-order valence-corrected chi connectivity index (χ0v) is 8.94. The molecular formula is C12H13FO3. The van der Waals surface area contributed by atoms with Crippen molar-refractivity contribution >= 4 is 5.97 Å². The monoisotopic (exact) mass is 224 g/mol. The van der Waals surface area contributed by atoms with Crippen molar-refractivity contribution in [3.05, 3.63) is 35.6 Å². The van der Waals surface area contributed by atoms with Gasteiger partial charge in [-0.15, -0.1) is 0 Å². The highest BCUT2D eigenvalue weighted by molar-refractivity contribution is 5.72. The van der Waals surface area contributed by atoms with Crippen LogP contribution in [0.5, 0.6) is 0 Å². The first-order valence-corrected chi connectivity index (χ1v) is 5.17. The van der Waals surface area contributed by atoms with E-state index in [1.165, 1.54) is 6.07 Å². The molecule has 3 nitrogen and oxygen atoms in total. The Labute approximate surface area is 92.9 Å². The second-order valence-corrected chi connectivity index (χ2v) is 4.11. The molecule has 4 heteroatoms. The van der Waals surface area contributed by atoms with Gasteiger partial charge in [0.05, 0.1) is 5.92 Å². The summed E-state index contributed by atoms with van der Waals surface area (Å²) in [5, 5.41) is 9.10. The molecule has 1 N–H and O–H groups in total. The molecular weight excluding hydrogens is 211 g/mol. The minimum atomic E-state index is -1.06. The van der Waals surface area contributed by atoms with E-state index < -0.39 is 23.3 Å². The van der Waals surface area contributed by atoms with Crippen LogP contribution in [0.2, 0.25) is 0 Å². The number of aliphatic carboxylic acids is 1. The Kier molecular flexibility index (Phi) is 2.68. The van der Waals surface area contributed by atoms with E-state index in [0.29, 0.717) is 18.6 Å². The molecule has 0 amide bonds. The van der Waals surface area contributed by atoms with E-state index in [0.717, 1.165) is 0 Å². The number of hydrogen-bond acceptors (Lipinski definition) is 2. The van der Waals surface area contributed by atoms with Gasteiger partial charge in [-0.05, 0) is 19.4 Å². The van der Waals surface area contributed by atoms with Gasteiger partial charge in [0, 0.05) is 12.2 Å². The minimum absolute atomic E-state index is 0.319. The first kappa shape index (κ1) is 11.1. The lowest BCUT2D eigenvalue weighted by molar-refractivity contribution is -0.148. The third kappa shape index (κ3) is 1.59. The van der Waals surface area contributed by atoms with Crippen molar-refractivity contribution in [3.8, 4) is 0 Å². The van der Waals surface area contributed by atoms with Crippen LogP contribution in [-0.4, -0.2) is 17.7 Å². The van der Waals surface area contributed by atoms with Crippen LogP contribution in [0, 0.1) is 11.7 Å². The predicted octanol–water partition coefficient (Wildman–Crippen LogP) is 2.16. The molecule has 1 heterocycles. The molecule has 0 spiro atoms. The highest BCUT2D eigenvalue weighted by atomic mass is 19.1. The molecule has 16 heavy (non-hydrogen) atoms. The average molecular weight is 224 g/mol. The molecule has 2 rings (SSSR count). The minimum Gasteiger partial charge on any atom is -0.481 e. The van der Waals surface area contributed by atoms with Crippen LogP contribution in [-0.2, 0) is 15.1 Å². The molecule has 0 aromatic heterocycles. The molecule has 0 aliphatic carbocycles. The first-order chi connectivity index (χ1) is 7.55. The van der Waals surface area contributed by atoms with E-state index in [1.807, 2.05) is 0 Å². The molecule has 1 aliphatic heterocycles. The number of rotatable bonds is 2. The molecule has 1 aliphatic rings. The molecule has 1 saturated heterocycles. The molecule has 1 aromatic rings. The maximum Gasteiger partial charge on any atom is 0.309 e. The zero-order chi connectivity index (χ0) is 11.8. The standard InChI is InChI=1S/C12H13FO3/c1-12(8-4-2-3-5-10(8)13)9(11(14)15)6-7-16-12/h2-5,9H,6-7H2,1H3,(H,14,15). The zero-order valence-electron chi connectivity index (χ0n) is 8.94. The number of ether oxygens (including phenoxy) is 1. The molecule has 0 radical (unpaired) electrons. The fourth-order valence-electron chi connectivity index (χ4n) is 2.25. The molecule has 2 unspecified atom stereocenters. The van der Waals surface area contributed by atoms with Gasteiger partial charge in [0.1, 0.15) is 11.4 Å². The Bertz CT molecular complexity index is 418. The van der Waals surface area contributed by atoms with Gasteiger partial charge in [0.15, 0.2) is 0 Å². The molecule has 1 aromatic carbocycles. The van der Waals surface area contributed by atoms with E-state index in [4.69, 9.17) is 9.84 Å². The number of carbonyl (C=O) groups is 1. The quantitative estimate of drug-likeness (QED) is 0.837. The van der Waals surface area contributed by atoms with Crippen molar-refractivity contribution in [2.45, 2.75) is 18.9 Å². The number of carboxylic acid groups (broad SMARTS) is 1. The second kappa shape index (κ2) is 3.87. The summed E-state index contributed by atoms with van der Waals surface area (Å²) in [5.74, 6) is -2.05. The van der Waals surface area contributed by atoms with Gasteiger partial charge in [-0.1, -0.05) is 18.2 Å². The predicted molar refractivity (Wildman–Crippen MR) is 55.4 cm³/mol. The average Bonchev–Trinajstić information content (AvgIpc) is 2.62. The van der Waals surface area contributed by atoms with Gasteiger partial charge in [0.2, 0.25) is 0 Å². The fourth-order valence-corrected chi connectivity index (χ4v) is 2.25. The number of benzene rings is 1. The summed E-state index contributed by atoms with van der Waals surface area (Å²) in [5.41, 5.74) is -0.739. The van der Waals surface area contributed by atoms with Gasteiger partial charge >= 0.3 is 5.97 Å². The highest BCUT2D eigenvalue weighted by Gasteiger charge is 2.47. The van der Waals surface area contributed by atoms with E-state index in [2.05, 4.69) is 0 Å². The summed E-state index contributed by atoms with van der Waals surface area (Å²) in [6.45, 7) is 1.99. The largest absolute Gasteiger partial charge is 0.481 e. The van der Waals surface area contributed by atoms with Crippen LogP contribution in [0.1, 0.15) is 18.9 Å². The van der Waals surface area contributed by atoms with Gasteiger partial charge in [0.25, 0.3) is 0 Å². The van der Waals surface area contributed by atoms with Gasteiger partial charge in [-0.3, -0.25) is 4.79 Å². The molecule has 0 saturated carbocycles. The maximum atomic E-state index is 13.7. The topological polar surface area (TPSA) is 46.5 Å². The summed E-state index contributed by atoms with van der Waals surface area (Å²) in [7, 11) is 0.